The van der Waals surface area contributed by atoms with Gasteiger partial charge in [0.05, 0.1) is 0 Å². The molecule has 0 aromatic carbocycles. The molecule has 0 saturated carbocycles. The van der Waals surface area contributed by atoms with Crippen molar-refractivity contribution in [2.75, 3.05) is 0 Å². The van der Waals surface area contributed by atoms with Gasteiger partial charge in [0.25, 0.3) is 0 Å². The van der Waals surface area contributed by atoms with Crippen molar-refractivity contribution in [2.24, 2.45) is 0 Å². The number of nitrogens with zero attached hydrogens (tertiary/aromatic N) is 4. The zero-order valence-corrected chi connectivity index (χ0v) is 23.8. The van der Waals surface area contributed by atoms with Crippen LogP contribution in [0.25, 0.3) is 0 Å². The standard InChI is InChI=1S/C11H17N.C10H15N.C9H14N2/c1-8-6-7-10(9(2)12-8)11(3,4)5;1-8-9(10(2,3)4)6-5-7-11-8;1-7-8(9(2,3)4)5-10-6-11-7/h6-7H,1-5H3;5-7H,1-4H3;5-6H,1-4H3. The topological polar surface area (TPSA) is 51.6 Å². The molecule has 3 aromatic rings. The predicted molar refractivity (Wildman–Crippen MR) is 146 cm³/mol. The quantitative estimate of drug-likeness (QED) is 0.342. The molecule has 0 fully saturated rings. The Morgan fingerprint density at radius 3 is 1.44 bits per heavy atom. The molecule has 0 aliphatic carbocycles. The van der Waals surface area contributed by atoms with E-state index in [1.165, 1.54) is 16.7 Å². The van der Waals surface area contributed by atoms with Gasteiger partial charge in [-0.1, -0.05) is 74.4 Å². The molecule has 0 N–H and O–H groups in total. The van der Waals surface area contributed by atoms with Gasteiger partial charge in [0.2, 0.25) is 0 Å². The van der Waals surface area contributed by atoms with Gasteiger partial charge in [-0.2, -0.15) is 0 Å². The number of aromatic nitrogens is 4. The maximum absolute atomic E-state index is 4.44. The summed E-state index contributed by atoms with van der Waals surface area (Å²) >= 11 is 0. The normalized spacial score (nSPS) is 11.7. The molecule has 0 aliphatic rings. The minimum absolute atomic E-state index is 0.158. The Kier molecular flexibility index (Phi) is 10.1. The fraction of sp³-hybridized carbons (Fsp3) is 0.533. The maximum Gasteiger partial charge on any atom is 0.115 e. The number of rotatable bonds is 0. The van der Waals surface area contributed by atoms with Crippen molar-refractivity contribution in [1.82, 2.24) is 19.9 Å². The van der Waals surface area contributed by atoms with Crippen LogP contribution in [0.5, 0.6) is 0 Å². The summed E-state index contributed by atoms with van der Waals surface area (Å²) < 4.78 is 0. The summed E-state index contributed by atoms with van der Waals surface area (Å²) in [6.07, 6.45) is 5.32. The zero-order valence-electron chi connectivity index (χ0n) is 23.8. The first kappa shape index (κ1) is 29.4. The van der Waals surface area contributed by atoms with Crippen LogP contribution in [0.1, 0.15) is 102 Å². The molecule has 0 radical (unpaired) electrons. The molecule has 3 heterocycles. The SMILES string of the molecule is Cc1ccc(C(C)(C)C)c(C)n1.Cc1ncccc1C(C)(C)C.Cc1ncncc1C(C)(C)C. The van der Waals surface area contributed by atoms with E-state index in [-0.39, 0.29) is 16.2 Å². The molecule has 4 heteroatoms. The molecule has 0 saturated heterocycles. The summed E-state index contributed by atoms with van der Waals surface area (Å²) in [6, 6.07) is 8.39. The van der Waals surface area contributed by atoms with E-state index < -0.39 is 0 Å². The van der Waals surface area contributed by atoms with Crippen molar-refractivity contribution in [3.8, 4) is 0 Å². The van der Waals surface area contributed by atoms with Gasteiger partial charge in [0.15, 0.2) is 0 Å². The van der Waals surface area contributed by atoms with E-state index in [1.807, 2.05) is 32.3 Å². The fourth-order valence-electron chi connectivity index (χ4n) is 3.88. The lowest BCUT2D eigenvalue weighted by molar-refractivity contribution is 0.578. The van der Waals surface area contributed by atoms with Gasteiger partial charge >= 0.3 is 0 Å². The van der Waals surface area contributed by atoms with Gasteiger partial charge in [-0.15, -0.1) is 0 Å². The molecular formula is C30H46N4. The Balaban J connectivity index is 0.000000255. The van der Waals surface area contributed by atoms with E-state index >= 15 is 0 Å². The number of hydrogen-bond donors (Lipinski definition) is 0. The predicted octanol–water partition coefficient (Wildman–Crippen LogP) is 7.77. The number of pyridine rings is 2. The first-order valence-electron chi connectivity index (χ1n) is 12.1. The van der Waals surface area contributed by atoms with Crippen LogP contribution in [0.2, 0.25) is 0 Å². The third-order valence-electron chi connectivity index (χ3n) is 5.57. The highest BCUT2D eigenvalue weighted by atomic mass is 14.8. The molecule has 0 amide bonds. The van der Waals surface area contributed by atoms with Crippen LogP contribution in [-0.4, -0.2) is 19.9 Å². The van der Waals surface area contributed by atoms with Gasteiger partial charge in [0, 0.05) is 35.2 Å². The summed E-state index contributed by atoms with van der Waals surface area (Å²) in [5.74, 6) is 0. The Hall–Kier alpha value is -2.62. The summed E-state index contributed by atoms with van der Waals surface area (Å²) in [5, 5.41) is 0. The summed E-state index contributed by atoms with van der Waals surface area (Å²) in [5.41, 5.74) is 8.96. The van der Waals surface area contributed by atoms with E-state index in [0.717, 1.165) is 22.8 Å². The monoisotopic (exact) mass is 462 g/mol. The average molecular weight is 463 g/mol. The molecule has 0 atom stereocenters. The zero-order chi connectivity index (χ0) is 26.3. The number of hydrogen-bond acceptors (Lipinski definition) is 4. The lowest BCUT2D eigenvalue weighted by Gasteiger charge is -2.20. The molecule has 0 unspecified atom stereocenters. The van der Waals surface area contributed by atoms with Crippen LogP contribution < -0.4 is 0 Å². The number of aryl methyl sites for hydroxylation is 4. The van der Waals surface area contributed by atoms with Crippen molar-refractivity contribution in [2.45, 2.75) is 106 Å². The van der Waals surface area contributed by atoms with Gasteiger partial charge < -0.3 is 0 Å². The van der Waals surface area contributed by atoms with Crippen LogP contribution in [-0.2, 0) is 16.2 Å². The molecule has 3 rings (SSSR count). The maximum atomic E-state index is 4.44. The van der Waals surface area contributed by atoms with E-state index in [0.29, 0.717) is 0 Å². The first-order valence-corrected chi connectivity index (χ1v) is 12.1. The fourth-order valence-corrected chi connectivity index (χ4v) is 3.88. The summed E-state index contributed by atoms with van der Waals surface area (Å²) in [4.78, 5) is 16.8. The van der Waals surface area contributed by atoms with Crippen molar-refractivity contribution in [1.29, 1.82) is 0 Å². The van der Waals surface area contributed by atoms with Crippen molar-refractivity contribution < 1.29 is 0 Å². The van der Waals surface area contributed by atoms with Crippen molar-refractivity contribution >= 4 is 0 Å². The van der Waals surface area contributed by atoms with E-state index in [1.54, 1.807) is 6.33 Å². The lowest BCUT2D eigenvalue weighted by Crippen LogP contribution is -2.14. The minimum Gasteiger partial charge on any atom is -0.261 e. The Labute approximate surface area is 208 Å². The van der Waals surface area contributed by atoms with Crippen LogP contribution in [0, 0.1) is 27.7 Å². The second-order valence-corrected chi connectivity index (χ2v) is 12.0. The molecule has 4 nitrogen and oxygen atoms in total. The van der Waals surface area contributed by atoms with E-state index in [4.69, 9.17) is 0 Å². The molecule has 0 bridgehead atoms. The largest absolute Gasteiger partial charge is 0.261 e. The summed E-state index contributed by atoms with van der Waals surface area (Å²) in [6.45, 7) is 27.9. The second kappa shape index (κ2) is 11.7. The molecule has 0 aliphatic heterocycles. The van der Waals surface area contributed by atoms with Crippen LogP contribution in [0.15, 0.2) is 43.0 Å². The van der Waals surface area contributed by atoms with Gasteiger partial charge in [0.1, 0.15) is 6.33 Å². The third-order valence-corrected chi connectivity index (χ3v) is 5.57. The first-order chi connectivity index (χ1) is 15.4. The summed E-state index contributed by atoms with van der Waals surface area (Å²) in [7, 11) is 0. The highest BCUT2D eigenvalue weighted by molar-refractivity contribution is 5.28. The van der Waals surface area contributed by atoms with Crippen LogP contribution >= 0.6 is 0 Å². The minimum atomic E-state index is 0.158. The highest BCUT2D eigenvalue weighted by Gasteiger charge is 2.17. The van der Waals surface area contributed by atoms with E-state index in [2.05, 4.69) is 114 Å². The van der Waals surface area contributed by atoms with E-state index in [9.17, 15) is 0 Å². The molecule has 3 aromatic heterocycles. The molecular weight excluding hydrogens is 416 g/mol. The average Bonchev–Trinajstić information content (AvgIpc) is 2.67. The smallest absolute Gasteiger partial charge is 0.115 e. The Morgan fingerprint density at radius 1 is 0.559 bits per heavy atom. The van der Waals surface area contributed by atoms with Gasteiger partial charge in [-0.3, -0.25) is 9.97 Å². The van der Waals surface area contributed by atoms with Crippen molar-refractivity contribution in [3.05, 3.63) is 82.5 Å². The van der Waals surface area contributed by atoms with Gasteiger partial charge in [-0.25, -0.2) is 9.97 Å². The van der Waals surface area contributed by atoms with Crippen LogP contribution in [0.3, 0.4) is 0 Å². The lowest BCUT2D eigenvalue weighted by atomic mass is 9.86. The molecule has 34 heavy (non-hydrogen) atoms. The third kappa shape index (κ3) is 9.32. The Morgan fingerprint density at radius 2 is 1.06 bits per heavy atom. The van der Waals surface area contributed by atoms with Crippen molar-refractivity contribution in [3.63, 3.8) is 0 Å². The van der Waals surface area contributed by atoms with Crippen LogP contribution in [0.4, 0.5) is 0 Å². The second-order valence-electron chi connectivity index (χ2n) is 12.0. The molecule has 0 spiro atoms. The Bertz CT molecular complexity index is 993. The van der Waals surface area contributed by atoms with Gasteiger partial charge in [-0.05, 0) is 72.8 Å². The molecule has 186 valence electrons. The highest BCUT2D eigenvalue weighted by Crippen LogP contribution is 2.25.